The monoisotopic (exact) mass is 560 g/mol. The Kier molecular flexibility index (Phi) is 6.33. The van der Waals surface area contributed by atoms with E-state index in [2.05, 4.69) is 15.1 Å². The highest BCUT2D eigenvalue weighted by Gasteiger charge is 2.58. The van der Waals surface area contributed by atoms with Crippen LogP contribution in [0.25, 0.3) is 0 Å². The van der Waals surface area contributed by atoms with E-state index in [1.807, 2.05) is 30.3 Å². The lowest BCUT2D eigenvalue weighted by atomic mass is 9.49. The van der Waals surface area contributed by atoms with Gasteiger partial charge in [0.25, 0.3) is 5.91 Å². The summed E-state index contributed by atoms with van der Waals surface area (Å²) in [6.07, 6.45) is 8.28. The van der Waals surface area contributed by atoms with Crippen molar-refractivity contribution in [2.24, 2.45) is 23.2 Å². The van der Waals surface area contributed by atoms with Crippen molar-refractivity contribution in [1.29, 1.82) is 0 Å². The van der Waals surface area contributed by atoms with Crippen LogP contribution in [0.5, 0.6) is 0 Å². The first-order chi connectivity index (χ1) is 19.3. The molecule has 2 saturated heterocycles. The number of carbonyl (C=O) groups is 3. The number of carbonyl (C=O) groups excluding carboxylic acids is 3. The zero-order valence-electron chi connectivity index (χ0n) is 22.9. The van der Waals surface area contributed by atoms with Crippen molar-refractivity contribution in [2.75, 3.05) is 36.5 Å². The Morgan fingerprint density at radius 3 is 2.17 bits per heavy atom. The van der Waals surface area contributed by atoms with Crippen LogP contribution in [0.4, 0.5) is 11.4 Å². The standard InChI is InChI=1S/C32H37ClN4O3/c33-25-5-4-6-26(16-25)34-28(38)20-36-21-37(27-7-2-1-3-8-27)32(30(36)40)9-11-35(12-10-32)29(39)31-17-22-13-23(18-31)15-24(14-22)19-31/h1-8,16,22-24H,9-15,17-21H2,(H,34,38). The molecule has 210 valence electrons. The van der Waals surface area contributed by atoms with Crippen molar-refractivity contribution in [3.8, 4) is 0 Å². The van der Waals surface area contributed by atoms with Crippen LogP contribution in [0.3, 0.4) is 0 Å². The SMILES string of the molecule is O=C(CN1CN(c2ccccc2)C2(CCN(C(=O)C34CC5CC(CC(C5)C3)C4)CC2)C1=O)Nc1cccc(Cl)c1. The van der Waals surface area contributed by atoms with Gasteiger partial charge in [-0.2, -0.15) is 0 Å². The van der Waals surface area contributed by atoms with Crippen LogP contribution in [-0.4, -0.2) is 59.4 Å². The van der Waals surface area contributed by atoms with Gasteiger partial charge in [-0.25, -0.2) is 0 Å². The molecule has 6 fully saturated rings. The van der Waals surface area contributed by atoms with E-state index in [-0.39, 0.29) is 23.8 Å². The maximum atomic E-state index is 14.1. The minimum Gasteiger partial charge on any atom is -0.342 e. The largest absolute Gasteiger partial charge is 0.342 e. The van der Waals surface area contributed by atoms with Crippen LogP contribution in [0.2, 0.25) is 5.02 Å². The van der Waals surface area contributed by atoms with Crippen LogP contribution in [0, 0.1) is 23.2 Å². The zero-order chi connectivity index (χ0) is 27.5. The van der Waals surface area contributed by atoms with Crippen LogP contribution in [-0.2, 0) is 14.4 Å². The molecule has 40 heavy (non-hydrogen) atoms. The van der Waals surface area contributed by atoms with Crippen LogP contribution in [0.1, 0.15) is 51.4 Å². The number of benzene rings is 2. The van der Waals surface area contributed by atoms with Gasteiger partial charge in [-0.1, -0.05) is 35.9 Å². The van der Waals surface area contributed by atoms with E-state index in [1.54, 1.807) is 29.2 Å². The van der Waals surface area contributed by atoms with Gasteiger partial charge in [-0.15, -0.1) is 0 Å². The van der Waals surface area contributed by atoms with Crippen LogP contribution < -0.4 is 10.2 Å². The third-order valence-electron chi connectivity index (χ3n) is 10.4. The van der Waals surface area contributed by atoms with E-state index in [1.165, 1.54) is 19.3 Å². The quantitative estimate of drug-likeness (QED) is 0.548. The molecule has 4 aliphatic carbocycles. The number of anilines is 2. The zero-order valence-corrected chi connectivity index (χ0v) is 23.6. The molecule has 6 aliphatic rings. The second-order valence-electron chi connectivity index (χ2n) is 13.0. The predicted molar refractivity (Wildman–Crippen MR) is 155 cm³/mol. The van der Waals surface area contributed by atoms with Gasteiger partial charge in [-0.3, -0.25) is 14.4 Å². The average Bonchev–Trinajstić information content (AvgIpc) is 3.19. The summed E-state index contributed by atoms with van der Waals surface area (Å²) in [4.78, 5) is 47.0. The molecule has 2 aliphatic heterocycles. The lowest BCUT2D eigenvalue weighted by Gasteiger charge is -2.57. The third-order valence-corrected chi connectivity index (χ3v) is 10.6. The molecular formula is C32H37ClN4O3. The Balaban J connectivity index is 1.08. The molecule has 0 unspecified atom stereocenters. The fourth-order valence-electron chi connectivity index (χ4n) is 9.05. The molecule has 1 spiro atoms. The maximum absolute atomic E-state index is 14.1. The third kappa shape index (κ3) is 4.37. The Bertz CT molecular complexity index is 1290. The van der Waals surface area contributed by atoms with E-state index in [0.717, 1.165) is 42.7 Å². The van der Waals surface area contributed by atoms with E-state index in [0.29, 0.717) is 49.2 Å². The average molecular weight is 561 g/mol. The summed E-state index contributed by atoms with van der Waals surface area (Å²) in [5.74, 6) is 2.24. The summed E-state index contributed by atoms with van der Waals surface area (Å²) in [6.45, 7) is 1.47. The highest BCUT2D eigenvalue weighted by molar-refractivity contribution is 6.30. The Labute approximate surface area is 240 Å². The first-order valence-corrected chi connectivity index (χ1v) is 15.2. The normalized spacial score (nSPS) is 30.3. The van der Waals surface area contributed by atoms with Gasteiger partial charge in [0.2, 0.25) is 11.8 Å². The first-order valence-electron chi connectivity index (χ1n) is 14.8. The highest BCUT2D eigenvalue weighted by Crippen LogP contribution is 2.60. The van der Waals surface area contributed by atoms with Crippen molar-refractivity contribution in [3.05, 3.63) is 59.6 Å². The lowest BCUT2D eigenvalue weighted by molar-refractivity contribution is -0.160. The summed E-state index contributed by atoms with van der Waals surface area (Å²) in [6, 6.07) is 17.0. The maximum Gasteiger partial charge on any atom is 0.250 e. The van der Waals surface area contributed by atoms with E-state index in [9.17, 15) is 14.4 Å². The number of nitrogens with zero attached hydrogens (tertiary/aromatic N) is 3. The van der Waals surface area contributed by atoms with Crippen molar-refractivity contribution < 1.29 is 14.4 Å². The topological polar surface area (TPSA) is 73.0 Å². The van der Waals surface area contributed by atoms with Gasteiger partial charge < -0.3 is 20.0 Å². The summed E-state index contributed by atoms with van der Waals surface area (Å²) in [7, 11) is 0. The van der Waals surface area contributed by atoms with E-state index >= 15 is 0 Å². The Morgan fingerprint density at radius 1 is 0.900 bits per heavy atom. The van der Waals surface area contributed by atoms with Gasteiger partial charge in [0.05, 0.1) is 12.1 Å². The number of nitrogens with one attached hydrogen (secondary N) is 1. The van der Waals surface area contributed by atoms with Gasteiger partial charge in [-0.05, 0) is 99.5 Å². The van der Waals surface area contributed by atoms with Crippen molar-refractivity contribution in [2.45, 2.75) is 56.9 Å². The summed E-state index contributed by atoms with van der Waals surface area (Å²) >= 11 is 6.08. The number of hydrogen-bond donors (Lipinski definition) is 1. The number of para-hydroxylation sites is 1. The summed E-state index contributed by atoms with van der Waals surface area (Å²) < 4.78 is 0. The van der Waals surface area contributed by atoms with E-state index in [4.69, 9.17) is 11.6 Å². The number of piperidine rings is 1. The molecule has 8 heteroatoms. The van der Waals surface area contributed by atoms with Gasteiger partial charge in [0.1, 0.15) is 12.1 Å². The molecule has 3 amide bonds. The minimum atomic E-state index is -0.754. The van der Waals surface area contributed by atoms with Crippen molar-refractivity contribution in [3.63, 3.8) is 0 Å². The summed E-state index contributed by atoms with van der Waals surface area (Å²) in [5.41, 5.74) is 0.656. The number of hydrogen-bond acceptors (Lipinski definition) is 4. The predicted octanol–water partition coefficient (Wildman–Crippen LogP) is 5.16. The molecule has 0 radical (unpaired) electrons. The molecule has 4 saturated carbocycles. The van der Waals surface area contributed by atoms with Gasteiger partial charge in [0, 0.05) is 29.5 Å². The lowest BCUT2D eigenvalue weighted by Crippen LogP contribution is -2.61. The fourth-order valence-corrected chi connectivity index (χ4v) is 9.24. The molecule has 4 bridgehead atoms. The molecule has 7 nitrogen and oxygen atoms in total. The fraction of sp³-hybridized carbons (Fsp3) is 0.531. The Hall–Kier alpha value is -3.06. The molecule has 2 aromatic carbocycles. The number of rotatable bonds is 5. The van der Waals surface area contributed by atoms with Crippen LogP contribution in [0.15, 0.2) is 54.6 Å². The minimum absolute atomic E-state index is 0.0282. The van der Waals surface area contributed by atoms with Crippen molar-refractivity contribution in [1.82, 2.24) is 9.80 Å². The van der Waals surface area contributed by atoms with Crippen molar-refractivity contribution >= 4 is 40.7 Å². The van der Waals surface area contributed by atoms with Gasteiger partial charge >= 0.3 is 0 Å². The second-order valence-corrected chi connectivity index (χ2v) is 13.4. The smallest absolute Gasteiger partial charge is 0.250 e. The molecule has 2 heterocycles. The molecule has 0 atom stereocenters. The van der Waals surface area contributed by atoms with E-state index < -0.39 is 5.54 Å². The molecule has 2 aromatic rings. The highest BCUT2D eigenvalue weighted by atomic mass is 35.5. The molecule has 1 N–H and O–H groups in total. The molecule has 8 rings (SSSR count). The Morgan fingerprint density at radius 2 is 1.55 bits per heavy atom. The first kappa shape index (κ1) is 25.9. The molecule has 0 aromatic heterocycles. The molecular weight excluding hydrogens is 524 g/mol. The number of likely N-dealkylation sites (tertiary alicyclic amines) is 1. The summed E-state index contributed by atoms with van der Waals surface area (Å²) in [5, 5.41) is 3.41. The second kappa shape index (κ2) is 9.79. The number of amides is 3. The van der Waals surface area contributed by atoms with Crippen LogP contribution >= 0.6 is 11.6 Å². The number of halogens is 1. The van der Waals surface area contributed by atoms with Gasteiger partial charge in [0.15, 0.2) is 0 Å².